The smallest absolute Gasteiger partial charge is 0.137 e. The molecule has 0 N–H and O–H groups in total. The Kier molecular flexibility index (Phi) is 2.91. The molecule has 1 saturated heterocycles. The summed E-state index contributed by atoms with van der Waals surface area (Å²) in [5.41, 5.74) is 1.41. The standard InChI is InChI=1S/C12H13ClO3/c1-8-3-11(15-2)10(13)4-9(8)12(5-14)6-16-7-12/h3-5H,6-7H2,1-2H3. The van der Waals surface area contributed by atoms with Crippen LogP contribution in [0, 0.1) is 6.92 Å². The van der Waals surface area contributed by atoms with Crippen LogP contribution in [0.15, 0.2) is 12.1 Å². The molecule has 0 atom stereocenters. The van der Waals surface area contributed by atoms with Crippen LogP contribution in [0.3, 0.4) is 0 Å². The lowest BCUT2D eigenvalue weighted by Crippen LogP contribution is -2.48. The van der Waals surface area contributed by atoms with Gasteiger partial charge in [0.1, 0.15) is 12.0 Å². The number of hydrogen-bond acceptors (Lipinski definition) is 3. The topological polar surface area (TPSA) is 35.5 Å². The molecule has 1 heterocycles. The molecule has 0 unspecified atom stereocenters. The van der Waals surface area contributed by atoms with Crippen LogP contribution < -0.4 is 4.74 Å². The van der Waals surface area contributed by atoms with Crippen LogP contribution >= 0.6 is 11.6 Å². The highest BCUT2D eigenvalue weighted by atomic mass is 35.5. The van der Waals surface area contributed by atoms with Crippen molar-refractivity contribution in [2.75, 3.05) is 20.3 Å². The number of rotatable bonds is 3. The number of aryl methyl sites for hydroxylation is 1. The first-order valence-electron chi connectivity index (χ1n) is 5.01. The lowest BCUT2D eigenvalue weighted by molar-refractivity contribution is -0.129. The molecular formula is C12H13ClO3. The van der Waals surface area contributed by atoms with E-state index in [0.717, 1.165) is 17.4 Å². The zero-order chi connectivity index (χ0) is 11.8. The van der Waals surface area contributed by atoms with Crippen LogP contribution in [-0.4, -0.2) is 26.6 Å². The predicted molar refractivity (Wildman–Crippen MR) is 61.3 cm³/mol. The SMILES string of the molecule is COc1cc(C)c(C2(C=O)COC2)cc1Cl. The third-order valence-electron chi connectivity index (χ3n) is 2.98. The van der Waals surface area contributed by atoms with Crippen molar-refractivity contribution < 1.29 is 14.3 Å². The van der Waals surface area contributed by atoms with Crippen molar-refractivity contribution in [3.8, 4) is 5.75 Å². The Morgan fingerprint density at radius 1 is 1.50 bits per heavy atom. The summed E-state index contributed by atoms with van der Waals surface area (Å²) in [6.45, 7) is 2.80. The Labute approximate surface area is 99.3 Å². The van der Waals surface area contributed by atoms with Gasteiger partial charge in [-0.05, 0) is 30.2 Å². The molecule has 0 bridgehead atoms. The zero-order valence-corrected chi connectivity index (χ0v) is 10.0. The average Bonchev–Trinajstić information content (AvgIpc) is 2.22. The third kappa shape index (κ3) is 1.60. The van der Waals surface area contributed by atoms with Gasteiger partial charge in [-0.3, -0.25) is 0 Å². The second-order valence-electron chi connectivity index (χ2n) is 4.07. The number of halogens is 1. The maximum atomic E-state index is 11.2. The Hall–Kier alpha value is -1.06. The van der Waals surface area contributed by atoms with E-state index in [1.54, 1.807) is 13.2 Å². The molecule has 0 saturated carbocycles. The molecule has 1 fully saturated rings. The Morgan fingerprint density at radius 2 is 2.19 bits per heavy atom. The summed E-state index contributed by atoms with van der Waals surface area (Å²) in [6, 6.07) is 3.65. The fourth-order valence-corrected chi connectivity index (χ4v) is 2.20. The molecule has 0 radical (unpaired) electrons. The molecule has 1 aliphatic rings. The van der Waals surface area contributed by atoms with Crippen LogP contribution in [0.25, 0.3) is 0 Å². The van der Waals surface area contributed by atoms with Crippen LogP contribution in [0.1, 0.15) is 11.1 Å². The lowest BCUT2D eigenvalue weighted by Gasteiger charge is -2.38. The molecule has 1 aliphatic heterocycles. The summed E-state index contributed by atoms with van der Waals surface area (Å²) in [4.78, 5) is 11.2. The molecule has 0 aromatic heterocycles. The van der Waals surface area contributed by atoms with E-state index in [4.69, 9.17) is 21.1 Å². The number of methoxy groups -OCH3 is 1. The minimum absolute atomic E-state index is 0.431. The lowest BCUT2D eigenvalue weighted by atomic mass is 9.78. The van der Waals surface area contributed by atoms with Crippen molar-refractivity contribution in [3.05, 3.63) is 28.3 Å². The quantitative estimate of drug-likeness (QED) is 0.760. The number of aldehydes is 1. The predicted octanol–water partition coefficient (Wildman–Crippen LogP) is 2.12. The van der Waals surface area contributed by atoms with E-state index in [1.165, 1.54) is 0 Å². The zero-order valence-electron chi connectivity index (χ0n) is 9.25. The fraction of sp³-hybridized carbons (Fsp3) is 0.417. The van der Waals surface area contributed by atoms with Crippen molar-refractivity contribution in [1.29, 1.82) is 0 Å². The van der Waals surface area contributed by atoms with Gasteiger partial charge in [0.15, 0.2) is 0 Å². The summed E-state index contributed by atoms with van der Waals surface area (Å²) in [7, 11) is 1.57. The van der Waals surface area contributed by atoms with Crippen molar-refractivity contribution in [2.24, 2.45) is 0 Å². The summed E-state index contributed by atoms with van der Waals surface area (Å²) in [5.74, 6) is 0.629. The minimum atomic E-state index is -0.514. The Morgan fingerprint density at radius 3 is 2.62 bits per heavy atom. The summed E-state index contributed by atoms with van der Waals surface area (Å²) >= 11 is 6.06. The molecule has 4 heteroatoms. The van der Waals surface area contributed by atoms with E-state index >= 15 is 0 Å². The normalized spacial score (nSPS) is 17.7. The molecule has 0 aliphatic carbocycles. The molecule has 0 spiro atoms. The van der Waals surface area contributed by atoms with Crippen LogP contribution in [0.4, 0.5) is 0 Å². The molecule has 1 aromatic rings. The summed E-state index contributed by atoms with van der Waals surface area (Å²) < 4.78 is 10.3. The van der Waals surface area contributed by atoms with Gasteiger partial charge in [0, 0.05) is 0 Å². The molecule has 0 amide bonds. The molecule has 2 rings (SSSR count). The number of hydrogen-bond donors (Lipinski definition) is 0. The molecule has 3 nitrogen and oxygen atoms in total. The van der Waals surface area contributed by atoms with Crippen LogP contribution in [0.2, 0.25) is 5.02 Å². The minimum Gasteiger partial charge on any atom is -0.495 e. The first-order chi connectivity index (χ1) is 7.63. The van der Waals surface area contributed by atoms with Crippen molar-refractivity contribution in [3.63, 3.8) is 0 Å². The van der Waals surface area contributed by atoms with Crippen molar-refractivity contribution >= 4 is 17.9 Å². The maximum absolute atomic E-state index is 11.2. The van der Waals surface area contributed by atoms with Gasteiger partial charge in [0.25, 0.3) is 0 Å². The summed E-state index contributed by atoms with van der Waals surface area (Å²) in [6.07, 6.45) is 0.946. The van der Waals surface area contributed by atoms with Crippen molar-refractivity contribution in [1.82, 2.24) is 0 Å². The highest BCUT2D eigenvalue weighted by molar-refractivity contribution is 6.32. The second-order valence-corrected chi connectivity index (χ2v) is 4.48. The molecule has 86 valence electrons. The molecule has 16 heavy (non-hydrogen) atoms. The van der Waals surface area contributed by atoms with E-state index in [0.29, 0.717) is 24.0 Å². The van der Waals surface area contributed by atoms with Gasteiger partial charge in [-0.25, -0.2) is 0 Å². The van der Waals surface area contributed by atoms with E-state index < -0.39 is 5.41 Å². The highest BCUT2D eigenvalue weighted by Gasteiger charge is 2.41. The van der Waals surface area contributed by atoms with Gasteiger partial charge in [0.05, 0.1) is 30.8 Å². The highest BCUT2D eigenvalue weighted by Crippen LogP contribution is 2.37. The third-order valence-corrected chi connectivity index (χ3v) is 3.28. The maximum Gasteiger partial charge on any atom is 0.137 e. The van der Waals surface area contributed by atoms with Crippen molar-refractivity contribution in [2.45, 2.75) is 12.3 Å². The largest absolute Gasteiger partial charge is 0.495 e. The van der Waals surface area contributed by atoms with Crippen LogP contribution in [-0.2, 0) is 14.9 Å². The van der Waals surface area contributed by atoms with Gasteiger partial charge in [-0.2, -0.15) is 0 Å². The van der Waals surface area contributed by atoms with E-state index in [2.05, 4.69) is 0 Å². The van der Waals surface area contributed by atoms with Gasteiger partial charge in [-0.15, -0.1) is 0 Å². The average molecular weight is 241 g/mol. The van der Waals surface area contributed by atoms with E-state index in [1.807, 2.05) is 13.0 Å². The van der Waals surface area contributed by atoms with Gasteiger partial charge < -0.3 is 14.3 Å². The van der Waals surface area contributed by atoms with Gasteiger partial charge in [0.2, 0.25) is 0 Å². The second kappa shape index (κ2) is 4.07. The molecule has 1 aromatic carbocycles. The van der Waals surface area contributed by atoms with Crippen LogP contribution in [0.5, 0.6) is 5.75 Å². The number of carbonyl (C=O) groups is 1. The molecular weight excluding hydrogens is 228 g/mol. The summed E-state index contributed by atoms with van der Waals surface area (Å²) in [5, 5.41) is 0.524. The Bertz CT molecular complexity index is 425. The number of benzene rings is 1. The first-order valence-corrected chi connectivity index (χ1v) is 5.39. The first kappa shape index (κ1) is 11.4. The van der Waals surface area contributed by atoms with E-state index in [9.17, 15) is 4.79 Å². The number of ether oxygens (including phenoxy) is 2. The van der Waals surface area contributed by atoms with Gasteiger partial charge in [-0.1, -0.05) is 11.6 Å². The Balaban J connectivity index is 2.49. The number of carbonyl (C=O) groups excluding carboxylic acids is 1. The van der Waals surface area contributed by atoms with E-state index in [-0.39, 0.29) is 0 Å². The van der Waals surface area contributed by atoms with Gasteiger partial charge >= 0.3 is 0 Å². The monoisotopic (exact) mass is 240 g/mol. The fourth-order valence-electron chi connectivity index (χ4n) is 1.96.